The van der Waals surface area contributed by atoms with Crippen molar-refractivity contribution in [3.63, 3.8) is 0 Å². The van der Waals surface area contributed by atoms with Crippen LogP contribution < -0.4 is 0 Å². The molecule has 4 aromatic rings. The Morgan fingerprint density at radius 3 is 1.39 bits per heavy atom. The van der Waals surface area contributed by atoms with E-state index in [9.17, 15) is 9.59 Å². The van der Waals surface area contributed by atoms with E-state index in [2.05, 4.69) is 10.1 Å². The van der Waals surface area contributed by atoms with Crippen molar-refractivity contribution in [3.8, 4) is 0 Å². The lowest BCUT2D eigenvalue weighted by molar-refractivity contribution is -0.136. The van der Waals surface area contributed by atoms with Gasteiger partial charge in [0.25, 0.3) is 0 Å². The van der Waals surface area contributed by atoms with Crippen LogP contribution >= 0.6 is 0 Å². The van der Waals surface area contributed by atoms with E-state index in [0.717, 1.165) is 22.3 Å². The molecule has 46 heavy (non-hydrogen) atoms. The molecule has 0 aromatic heterocycles. The van der Waals surface area contributed by atoms with Gasteiger partial charge in [-0.05, 0) is 35.4 Å². The summed E-state index contributed by atoms with van der Waals surface area (Å²) < 4.78 is 5.17. The summed E-state index contributed by atoms with van der Waals surface area (Å²) in [5, 5.41) is 3.86. The second kappa shape index (κ2) is 23.1. The van der Waals surface area contributed by atoms with E-state index in [1.807, 2.05) is 177 Å². The van der Waals surface area contributed by atoms with Gasteiger partial charge in [0.1, 0.15) is 5.71 Å². The van der Waals surface area contributed by atoms with Crippen molar-refractivity contribution >= 4 is 35.7 Å². The average molecular weight is 619 g/mol. The molecule has 4 aromatic carbocycles. The van der Waals surface area contributed by atoms with Crippen LogP contribution in [-0.2, 0) is 19.2 Å². The summed E-state index contributed by atoms with van der Waals surface area (Å²) in [6, 6.07) is 38.1. The summed E-state index contributed by atoms with van der Waals surface area (Å²) in [7, 11) is 0. The molecule has 0 amide bonds. The van der Waals surface area contributed by atoms with Crippen molar-refractivity contribution in [2.24, 2.45) is 10.1 Å². The SMILES string of the molecule is CC.CC.CC.CC.O=C1OC(c2ccccc2)=NC1=Cc1ccccc1.O=C1ON=C(c2ccccc2)C1=Cc1ccccc1. The molecule has 6 rings (SSSR count). The average Bonchev–Trinajstić information content (AvgIpc) is 3.71. The maximum absolute atomic E-state index is 11.8. The number of aliphatic imine (C=N–C) groups is 1. The third-order valence-electron chi connectivity index (χ3n) is 5.60. The van der Waals surface area contributed by atoms with E-state index >= 15 is 0 Å². The predicted octanol–water partition coefficient (Wildman–Crippen LogP) is 10.2. The second-order valence-electron chi connectivity index (χ2n) is 8.27. The first-order chi connectivity index (χ1) is 22.7. The van der Waals surface area contributed by atoms with Gasteiger partial charge in [0, 0.05) is 11.1 Å². The number of benzene rings is 4. The molecule has 240 valence electrons. The Bertz CT molecular complexity index is 1560. The third kappa shape index (κ3) is 12.0. The van der Waals surface area contributed by atoms with Gasteiger partial charge in [-0.2, -0.15) is 0 Å². The first-order valence-electron chi connectivity index (χ1n) is 15.9. The standard InChI is InChI=1S/2C16H11NO2.4C2H6/c18-16-14(11-12-7-3-1-4-8-12)17-15(19-16)13-9-5-2-6-10-13;18-16-14(11-12-7-3-1-4-8-12)15(17-19-16)13-9-5-2-6-10-13;4*1-2/h2*1-11H;4*1-2H3. The number of esters is 1. The van der Waals surface area contributed by atoms with Crippen molar-refractivity contribution in [3.05, 3.63) is 155 Å². The molecule has 6 nitrogen and oxygen atoms in total. The number of carbonyl (C=O) groups excluding carboxylic acids is 2. The summed E-state index contributed by atoms with van der Waals surface area (Å²) in [6.45, 7) is 16.0. The molecule has 0 atom stereocenters. The van der Waals surface area contributed by atoms with Crippen molar-refractivity contribution in [1.29, 1.82) is 0 Å². The number of hydrogen-bond donors (Lipinski definition) is 0. The Morgan fingerprint density at radius 2 is 0.913 bits per heavy atom. The molecule has 0 saturated carbocycles. The number of carbonyl (C=O) groups is 2. The minimum absolute atomic E-state index is 0.324. The van der Waals surface area contributed by atoms with E-state index in [1.165, 1.54) is 0 Å². The Morgan fingerprint density at radius 1 is 0.500 bits per heavy atom. The molecule has 0 unspecified atom stereocenters. The number of oxime groups is 1. The molecule has 0 fully saturated rings. The first kappa shape index (κ1) is 38.7. The Labute approximate surface area is 274 Å². The van der Waals surface area contributed by atoms with Gasteiger partial charge in [-0.3, -0.25) is 0 Å². The van der Waals surface area contributed by atoms with Crippen molar-refractivity contribution in [2.45, 2.75) is 55.4 Å². The smallest absolute Gasteiger partial charge is 0.368 e. The summed E-state index contributed by atoms with van der Waals surface area (Å²) in [5.41, 5.74) is 4.92. The lowest BCUT2D eigenvalue weighted by Gasteiger charge is -2.00. The maximum atomic E-state index is 11.8. The third-order valence-corrected chi connectivity index (χ3v) is 5.60. The van der Waals surface area contributed by atoms with Crippen LogP contribution in [0.1, 0.15) is 77.6 Å². The molecule has 6 heteroatoms. The summed E-state index contributed by atoms with van der Waals surface area (Å²) in [4.78, 5) is 32.5. The van der Waals surface area contributed by atoms with Gasteiger partial charge in [-0.25, -0.2) is 14.6 Å². The number of cyclic esters (lactones) is 1. The van der Waals surface area contributed by atoms with Crippen LogP contribution in [-0.4, -0.2) is 23.5 Å². The summed E-state index contributed by atoms with van der Waals surface area (Å²) in [5.74, 6) is -0.474. The lowest BCUT2D eigenvalue weighted by Crippen LogP contribution is -2.06. The van der Waals surface area contributed by atoms with Gasteiger partial charge in [-0.1, -0.05) is 170 Å². The first-order valence-corrected chi connectivity index (χ1v) is 15.9. The molecular formula is C40H46N2O4. The highest BCUT2D eigenvalue weighted by Gasteiger charge is 2.26. The van der Waals surface area contributed by atoms with Gasteiger partial charge in [0.15, 0.2) is 5.70 Å². The zero-order valence-electron chi connectivity index (χ0n) is 28.2. The second-order valence-corrected chi connectivity index (χ2v) is 8.27. The molecule has 2 heterocycles. The normalized spacial score (nSPS) is 14.0. The molecule has 2 aliphatic heterocycles. The summed E-state index contributed by atoms with van der Waals surface area (Å²) in [6.07, 6.45) is 3.51. The van der Waals surface area contributed by atoms with Crippen LogP contribution in [0.15, 0.2) is 143 Å². The predicted molar refractivity (Wildman–Crippen MR) is 192 cm³/mol. The van der Waals surface area contributed by atoms with Crippen LogP contribution in [0.5, 0.6) is 0 Å². The minimum Gasteiger partial charge on any atom is -0.402 e. The van der Waals surface area contributed by atoms with E-state index in [0.29, 0.717) is 22.9 Å². The van der Waals surface area contributed by atoms with E-state index in [4.69, 9.17) is 9.57 Å². The van der Waals surface area contributed by atoms with Crippen LogP contribution in [0.3, 0.4) is 0 Å². The van der Waals surface area contributed by atoms with Crippen LogP contribution in [0, 0.1) is 0 Å². The van der Waals surface area contributed by atoms with Gasteiger partial charge in [0.2, 0.25) is 5.90 Å². The Hall–Kier alpha value is -5.36. The van der Waals surface area contributed by atoms with Gasteiger partial charge < -0.3 is 9.57 Å². The minimum atomic E-state index is -0.414. The molecule has 0 saturated heterocycles. The van der Waals surface area contributed by atoms with E-state index in [1.54, 1.807) is 12.2 Å². The lowest BCUT2D eigenvalue weighted by atomic mass is 10.0. The summed E-state index contributed by atoms with van der Waals surface area (Å²) >= 11 is 0. The van der Waals surface area contributed by atoms with Gasteiger partial charge in [0.05, 0.1) is 5.57 Å². The zero-order chi connectivity index (χ0) is 34.2. The highest BCUT2D eigenvalue weighted by molar-refractivity contribution is 6.31. The fraction of sp³-hybridized carbons (Fsp3) is 0.200. The van der Waals surface area contributed by atoms with Crippen LogP contribution in [0.25, 0.3) is 12.2 Å². The van der Waals surface area contributed by atoms with Gasteiger partial charge in [-0.15, -0.1) is 0 Å². The Balaban J connectivity index is 0.000000379. The van der Waals surface area contributed by atoms with Crippen LogP contribution in [0.2, 0.25) is 0 Å². The molecule has 0 aliphatic carbocycles. The Kier molecular flexibility index (Phi) is 19.4. The van der Waals surface area contributed by atoms with Gasteiger partial charge >= 0.3 is 11.9 Å². The highest BCUT2D eigenvalue weighted by atomic mass is 16.7. The van der Waals surface area contributed by atoms with E-state index in [-0.39, 0.29) is 0 Å². The molecule has 2 aliphatic rings. The zero-order valence-corrected chi connectivity index (χ0v) is 28.2. The van der Waals surface area contributed by atoms with Crippen molar-refractivity contribution in [1.82, 2.24) is 0 Å². The molecule has 0 radical (unpaired) electrons. The number of hydrogen-bond acceptors (Lipinski definition) is 6. The molecule has 0 spiro atoms. The number of nitrogens with zero attached hydrogens (tertiary/aromatic N) is 2. The largest absolute Gasteiger partial charge is 0.402 e. The molecular weight excluding hydrogens is 572 g/mol. The monoisotopic (exact) mass is 618 g/mol. The highest BCUT2D eigenvalue weighted by Crippen LogP contribution is 2.21. The fourth-order valence-electron chi connectivity index (χ4n) is 3.75. The quantitative estimate of drug-likeness (QED) is 0.130. The number of ether oxygens (including phenoxy) is 1. The van der Waals surface area contributed by atoms with Crippen LogP contribution in [0.4, 0.5) is 0 Å². The fourth-order valence-corrected chi connectivity index (χ4v) is 3.75. The van der Waals surface area contributed by atoms with Crippen molar-refractivity contribution in [2.75, 3.05) is 0 Å². The van der Waals surface area contributed by atoms with Crippen molar-refractivity contribution < 1.29 is 19.2 Å². The molecule has 0 N–H and O–H groups in total. The van der Waals surface area contributed by atoms with E-state index < -0.39 is 11.9 Å². The topological polar surface area (TPSA) is 77.3 Å². The molecule has 0 bridgehead atoms. The maximum Gasteiger partial charge on any atom is 0.368 e. The number of rotatable bonds is 4.